The molecule has 0 bridgehead atoms. The van der Waals surface area contributed by atoms with Gasteiger partial charge in [0.25, 0.3) is 0 Å². The summed E-state index contributed by atoms with van der Waals surface area (Å²) in [6, 6.07) is 8.41. The fourth-order valence-electron chi connectivity index (χ4n) is 3.82. The number of nitrogens with one attached hydrogen (secondary N) is 1. The van der Waals surface area contributed by atoms with Crippen molar-refractivity contribution in [2.75, 3.05) is 29.9 Å². The van der Waals surface area contributed by atoms with Gasteiger partial charge < -0.3 is 19.7 Å². The van der Waals surface area contributed by atoms with Gasteiger partial charge in [0.1, 0.15) is 17.9 Å². The molecule has 1 atom stereocenters. The number of ether oxygens (including phenoxy) is 2. The molecule has 136 valence electrons. The van der Waals surface area contributed by atoms with E-state index >= 15 is 0 Å². The van der Waals surface area contributed by atoms with Gasteiger partial charge >= 0.3 is 0 Å². The summed E-state index contributed by atoms with van der Waals surface area (Å²) in [6.07, 6.45) is 4.17. The van der Waals surface area contributed by atoms with Gasteiger partial charge in [0.2, 0.25) is 0 Å². The van der Waals surface area contributed by atoms with Crippen molar-refractivity contribution >= 4 is 11.5 Å². The SMILES string of the molecule is CC(C)Oc1ccc2c(c1)C(c1cc(N3CCOC4(CC4)C3)ncn1)N2. The predicted octanol–water partition coefficient (Wildman–Crippen LogP) is 3.15. The van der Waals surface area contributed by atoms with E-state index in [0.29, 0.717) is 0 Å². The molecule has 1 saturated heterocycles. The first-order chi connectivity index (χ1) is 12.6. The van der Waals surface area contributed by atoms with Crippen molar-refractivity contribution in [3.05, 3.63) is 41.9 Å². The maximum Gasteiger partial charge on any atom is 0.132 e. The summed E-state index contributed by atoms with van der Waals surface area (Å²) < 4.78 is 11.8. The molecule has 1 aromatic carbocycles. The van der Waals surface area contributed by atoms with E-state index in [2.05, 4.69) is 38.4 Å². The van der Waals surface area contributed by atoms with Crippen molar-refractivity contribution in [1.82, 2.24) is 9.97 Å². The summed E-state index contributed by atoms with van der Waals surface area (Å²) in [6.45, 7) is 6.69. The van der Waals surface area contributed by atoms with Gasteiger partial charge in [-0.25, -0.2) is 9.97 Å². The van der Waals surface area contributed by atoms with Gasteiger partial charge in [-0.05, 0) is 44.9 Å². The summed E-state index contributed by atoms with van der Waals surface area (Å²) in [7, 11) is 0. The van der Waals surface area contributed by atoms with E-state index in [-0.39, 0.29) is 17.7 Å². The van der Waals surface area contributed by atoms with Crippen LogP contribution in [0.3, 0.4) is 0 Å². The quantitative estimate of drug-likeness (QED) is 0.912. The summed E-state index contributed by atoms with van der Waals surface area (Å²) >= 11 is 0. The van der Waals surface area contributed by atoms with E-state index in [9.17, 15) is 0 Å². The maximum atomic E-state index is 5.92. The number of benzene rings is 1. The number of rotatable bonds is 4. The van der Waals surface area contributed by atoms with Crippen LogP contribution >= 0.6 is 0 Å². The Balaban J connectivity index is 1.38. The number of fused-ring (bicyclic) bond motifs is 1. The van der Waals surface area contributed by atoms with Crippen LogP contribution in [0.2, 0.25) is 0 Å². The zero-order chi connectivity index (χ0) is 17.7. The van der Waals surface area contributed by atoms with Crippen LogP contribution in [0, 0.1) is 0 Å². The molecule has 1 unspecified atom stereocenters. The van der Waals surface area contributed by atoms with Crippen LogP contribution < -0.4 is 15.0 Å². The Morgan fingerprint density at radius 2 is 2.15 bits per heavy atom. The van der Waals surface area contributed by atoms with E-state index in [4.69, 9.17) is 9.47 Å². The topological polar surface area (TPSA) is 59.5 Å². The van der Waals surface area contributed by atoms with Crippen molar-refractivity contribution < 1.29 is 9.47 Å². The smallest absolute Gasteiger partial charge is 0.132 e. The second-order valence-electron chi connectivity index (χ2n) is 7.75. The molecule has 1 spiro atoms. The molecule has 2 aliphatic heterocycles. The molecule has 2 aromatic rings. The Bertz CT molecular complexity index is 834. The average molecular weight is 352 g/mol. The van der Waals surface area contributed by atoms with E-state index in [1.165, 1.54) is 5.56 Å². The average Bonchev–Trinajstić information content (AvgIpc) is 3.36. The van der Waals surface area contributed by atoms with Gasteiger partial charge in [0.05, 0.1) is 30.0 Å². The third-order valence-corrected chi connectivity index (χ3v) is 5.36. The van der Waals surface area contributed by atoms with Crippen LogP contribution in [-0.4, -0.2) is 41.4 Å². The highest BCUT2D eigenvalue weighted by molar-refractivity contribution is 5.68. The van der Waals surface area contributed by atoms with Crippen LogP contribution in [0.4, 0.5) is 11.5 Å². The van der Waals surface area contributed by atoms with Crippen molar-refractivity contribution in [2.24, 2.45) is 0 Å². The highest BCUT2D eigenvalue weighted by atomic mass is 16.5. The Morgan fingerprint density at radius 1 is 1.27 bits per heavy atom. The molecule has 0 amide bonds. The number of hydrogen-bond acceptors (Lipinski definition) is 6. The first-order valence-electron chi connectivity index (χ1n) is 9.40. The normalized spacial score (nSPS) is 22.6. The highest BCUT2D eigenvalue weighted by Gasteiger charge is 2.47. The Hall–Kier alpha value is -2.34. The van der Waals surface area contributed by atoms with Gasteiger partial charge in [-0.15, -0.1) is 0 Å². The minimum Gasteiger partial charge on any atom is -0.491 e. The molecule has 6 nitrogen and oxygen atoms in total. The minimum atomic E-state index is 0.0910. The van der Waals surface area contributed by atoms with Crippen molar-refractivity contribution in [3.8, 4) is 5.75 Å². The second kappa shape index (κ2) is 5.84. The van der Waals surface area contributed by atoms with Gasteiger partial charge in [-0.2, -0.15) is 0 Å². The highest BCUT2D eigenvalue weighted by Crippen LogP contribution is 2.44. The first kappa shape index (κ1) is 15.9. The molecule has 1 saturated carbocycles. The van der Waals surface area contributed by atoms with E-state index < -0.39 is 0 Å². The molecule has 1 aliphatic carbocycles. The van der Waals surface area contributed by atoms with Crippen molar-refractivity contribution in [2.45, 2.75) is 44.4 Å². The minimum absolute atomic E-state index is 0.0910. The molecule has 26 heavy (non-hydrogen) atoms. The lowest BCUT2D eigenvalue weighted by atomic mass is 9.93. The summed E-state index contributed by atoms with van der Waals surface area (Å²) in [4.78, 5) is 11.4. The molecule has 2 fully saturated rings. The first-order valence-corrected chi connectivity index (χ1v) is 9.40. The molecule has 3 heterocycles. The van der Waals surface area contributed by atoms with E-state index in [1.807, 2.05) is 19.9 Å². The largest absolute Gasteiger partial charge is 0.491 e. The van der Waals surface area contributed by atoms with E-state index in [1.54, 1.807) is 6.33 Å². The lowest BCUT2D eigenvalue weighted by Gasteiger charge is -2.35. The predicted molar refractivity (Wildman–Crippen MR) is 99.8 cm³/mol. The lowest BCUT2D eigenvalue weighted by molar-refractivity contribution is 0.0203. The number of anilines is 2. The van der Waals surface area contributed by atoms with Crippen molar-refractivity contribution in [1.29, 1.82) is 0 Å². The molecule has 1 aromatic heterocycles. The molecular weight excluding hydrogens is 328 g/mol. The van der Waals surface area contributed by atoms with Crippen LogP contribution in [-0.2, 0) is 4.74 Å². The number of hydrogen-bond donors (Lipinski definition) is 1. The fraction of sp³-hybridized carbons (Fsp3) is 0.500. The summed E-state index contributed by atoms with van der Waals surface area (Å²) in [5.74, 6) is 1.90. The number of morpholine rings is 1. The van der Waals surface area contributed by atoms with Crippen LogP contribution in [0.15, 0.2) is 30.6 Å². The Kier molecular flexibility index (Phi) is 3.57. The third-order valence-electron chi connectivity index (χ3n) is 5.36. The monoisotopic (exact) mass is 352 g/mol. The van der Waals surface area contributed by atoms with Crippen molar-refractivity contribution in [3.63, 3.8) is 0 Å². The lowest BCUT2D eigenvalue weighted by Crippen LogP contribution is -2.44. The molecule has 1 N–H and O–H groups in total. The third kappa shape index (κ3) is 2.78. The molecular formula is C20H24N4O2. The molecule has 0 radical (unpaired) electrons. The fourth-order valence-corrected chi connectivity index (χ4v) is 3.82. The maximum absolute atomic E-state index is 5.92. The van der Waals surface area contributed by atoms with Gasteiger partial charge in [0.15, 0.2) is 0 Å². The molecule has 6 heteroatoms. The number of nitrogens with zero attached hydrogens (tertiary/aromatic N) is 3. The van der Waals surface area contributed by atoms with E-state index in [0.717, 1.165) is 55.5 Å². The molecule has 5 rings (SSSR count). The zero-order valence-corrected chi connectivity index (χ0v) is 15.2. The molecule has 3 aliphatic rings. The standard InChI is InChI=1S/C20H24N4O2/c1-13(2)26-14-3-4-16-15(9-14)19(23-16)17-10-18(22-12-21-17)24-7-8-25-20(11-24)5-6-20/h3-4,9-10,12-13,19,23H,5-8,11H2,1-2H3. The van der Waals surface area contributed by atoms with Crippen LogP contribution in [0.25, 0.3) is 0 Å². The van der Waals surface area contributed by atoms with Gasteiger partial charge in [0, 0.05) is 30.4 Å². The number of aromatic nitrogens is 2. The summed E-state index contributed by atoms with van der Waals surface area (Å²) in [5.41, 5.74) is 3.47. The zero-order valence-electron chi connectivity index (χ0n) is 15.2. The van der Waals surface area contributed by atoms with Crippen LogP contribution in [0.5, 0.6) is 5.75 Å². The van der Waals surface area contributed by atoms with Crippen LogP contribution in [0.1, 0.15) is 44.0 Å². The van der Waals surface area contributed by atoms with Gasteiger partial charge in [-0.1, -0.05) is 0 Å². The Morgan fingerprint density at radius 3 is 2.96 bits per heavy atom. The van der Waals surface area contributed by atoms with Gasteiger partial charge in [-0.3, -0.25) is 0 Å². The second-order valence-corrected chi connectivity index (χ2v) is 7.75. The summed E-state index contributed by atoms with van der Waals surface area (Å²) in [5, 5.41) is 3.49. The Labute approximate surface area is 153 Å².